The highest BCUT2D eigenvalue weighted by Crippen LogP contribution is 2.20. The Balaban J connectivity index is 1.59. The van der Waals surface area contributed by atoms with Crippen molar-refractivity contribution in [1.82, 2.24) is 10.5 Å². The zero-order valence-corrected chi connectivity index (χ0v) is 15.0. The van der Waals surface area contributed by atoms with Gasteiger partial charge >= 0.3 is 0 Å². The largest absolute Gasteiger partial charge is 0.489 e. The predicted molar refractivity (Wildman–Crippen MR) is 98.7 cm³/mol. The molecule has 0 unspecified atom stereocenters. The third-order valence-corrected chi connectivity index (χ3v) is 4.20. The third-order valence-electron chi connectivity index (χ3n) is 4.20. The number of hydrogen-bond donors (Lipinski definition) is 1. The van der Waals surface area contributed by atoms with Crippen LogP contribution in [0.5, 0.6) is 5.75 Å². The molecule has 1 heterocycles. The number of carbonyl (C=O) groups excluding carboxylic acids is 1. The summed E-state index contributed by atoms with van der Waals surface area (Å²) in [4.78, 5) is 12.3. The van der Waals surface area contributed by atoms with E-state index < -0.39 is 0 Å². The lowest BCUT2D eigenvalue weighted by atomic mass is 10.1. The Morgan fingerprint density at radius 3 is 2.54 bits per heavy atom. The monoisotopic (exact) mass is 350 g/mol. The Kier molecular flexibility index (Phi) is 5.69. The highest BCUT2D eigenvalue weighted by molar-refractivity contribution is 5.79. The molecule has 0 bridgehead atoms. The number of aromatic nitrogens is 1. The molecule has 0 saturated heterocycles. The summed E-state index contributed by atoms with van der Waals surface area (Å²) >= 11 is 0. The topological polar surface area (TPSA) is 64.4 Å². The Bertz CT molecular complexity index is 852. The molecule has 0 aliphatic heterocycles. The van der Waals surface area contributed by atoms with Crippen molar-refractivity contribution < 1.29 is 14.1 Å². The van der Waals surface area contributed by atoms with Crippen molar-refractivity contribution in [2.24, 2.45) is 0 Å². The first-order chi connectivity index (χ1) is 12.6. The number of rotatable bonds is 7. The Hall–Kier alpha value is -3.08. The second kappa shape index (κ2) is 8.34. The second-order valence-corrected chi connectivity index (χ2v) is 6.14. The summed E-state index contributed by atoms with van der Waals surface area (Å²) in [6.45, 7) is 4.59. The van der Waals surface area contributed by atoms with E-state index in [1.54, 1.807) is 0 Å². The van der Waals surface area contributed by atoms with Crippen molar-refractivity contribution in [3.05, 3.63) is 82.7 Å². The summed E-state index contributed by atoms with van der Waals surface area (Å²) in [6.07, 6.45) is 0.258. The fourth-order valence-corrected chi connectivity index (χ4v) is 2.70. The van der Waals surface area contributed by atoms with Crippen LogP contribution in [0.2, 0.25) is 0 Å². The van der Waals surface area contributed by atoms with Crippen molar-refractivity contribution in [3.63, 3.8) is 0 Å². The van der Waals surface area contributed by atoms with Crippen LogP contribution >= 0.6 is 0 Å². The van der Waals surface area contributed by atoms with Crippen LogP contribution in [0, 0.1) is 13.8 Å². The van der Waals surface area contributed by atoms with E-state index in [9.17, 15) is 4.79 Å². The number of nitrogens with one attached hydrogen (secondary N) is 1. The zero-order chi connectivity index (χ0) is 18.4. The van der Waals surface area contributed by atoms with E-state index in [2.05, 4.69) is 10.5 Å². The van der Waals surface area contributed by atoms with Crippen LogP contribution in [0.1, 0.15) is 28.1 Å². The van der Waals surface area contributed by atoms with Gasteiger partial charge in [-0.25, -0.2) is 0 Å². The average Bonchev–Trinajstić information content (AvgIpc) is 2.98. The summed E-state index contributed by atoms with van der Waals surface area (Å²) in [5, 5.41) is 6.82. The van der Waals surface area contributed by atoms with Gasteiger partial charge in [-0.15, -0.1) is 0 Å². The summed E-state index contributed by atoms with van der Waals surface area (Å²) in [6, 6.07) is 17.6. The van der Waals surface area contributed by atoms with Crippen molar-refractivity contribution in [2.75, 3.05) is 0 Å². The molecule has 0 spiro atoms. The van der Waals surface area contributed by atoms with Gasteiger partial charge in [0.2, 0.25) is 5.91 Å². The molecule has 1 N–H and O–H groups in total. The predicted octanol–water partition coefficient (Wildman–Crippen LogP) is 3.73. The van der Waals surface area contributed by atoms with E-state index in [0.717, 1.165) is 33.9 Å². The molecular formula is C21H22N2O3. The minimum atomic E-state index is -0.0687. The molecular weight excluding hydrogens is 328 g/mol. The smallest absolute Gasteiger partial charge is 0.224 e. The number of carbonyl (C=O) groups is 1. The maximum absolute atomic E-state index is 12.3. The van der Waals surface area contributed by atoms with E-state index >= 15 is 0 Å². The molecule has 0 aliphatic carbocycles. The molecule has 0 fully saturated rings. The van der Waals surface area contributed by atoms with E-state index in [-0.39, 0.29) is 12.3 Å². The van der Waals surface area contributed by atoms with Gasteiger partial charge in [0.05, 0.1) is 12.1 Å². The van der Waals surface area contributed by atoms with E-state index in [4.69, 9.17) is 9.26 Å². The van der Waals surface area contributed by atoms with Gasteiger partial charge in [-0.3, -0.25) is 4.79 Å². The fraction of sp³-hybridized carbons (Fsp3) is 0.238. The van der Waals surface area contributed by atoms with Crippen LogP contribution in [0.3, 0.4) is 0 Å². The van der Waals surface area contributed by atoms with E-state index in [0.29, 0.717) is 13.2 Å². The van der Waals surface area contributed by atoms with Crippen molar-refractivity contribution in [3.8, 4) is 5.75 Å². The van der Waals surface area contributed by atoms with Gasteiger partial charge in [-0.05, 0) is 25.5 Å². The number of ether oxygens (including phenoxy) is 1. The van der Waals surface area contributed by atoms with Gasteiger partial charge in [0.15, 0.2) is 0 Å². The number of nitrogens with zero attached hydrogens (tertiary/aromatic N) is 1. The van der Waals surface area contributed by atoms with E-state index in [1.807, 2.05) is 68.4 Å². The molecule has 5 nitrogen and oxygen atoms in total. The summed E-state index contributed by atoms with van der Waals surface area (Å²) < 4.78 is 11.0. The highest BCUT2D eigenvalue weighted by Gasteiger charge is 2.12. The van der Waals surface area contributed by atoms with Gasteiger partial charge in [-0.1, -0.05) is 53.7 Å². The van der Waals surface area contributed by atoms with Gasteiger partial charge in [-0.2, -0.15) is 0 Å². The van der Waals surface area contributed by atoms with Gasteiger partial charge in [0.25, 0.3) is 0 Å². The Morgan fingerprint density at radius 2 is 1.81 bits per heavy atom. The normalized spacial score (nSPS) is 10.5. The highest BCUT2D eigenvalue weighted by atomic mass is 16.5. The van der Waals surface area contributed by atoms with Crippen molar-refractivity contribution >= 4 is 5.91 Å². The lowest BCUT2D eigenvalue weighted by molar-refractivity contribution is -0.120. The molecule has 5 heteroatoms. The van der Waals surface area contributed by atoms with Crippen molar-refractivity contribution in [1.29, 1.82) is 0 Å². The third kappa shape index (κ3) is 4.51. The average molecular weight is 350 g/mol. The number of amides is 1. The Morgan fingerprint density at radius 1 is 1.08 bits per heavy atom. The lowest BCUT2D eigenvalue weighted by Crippen LogP contribution is -2.25. The molecule has 134 valence electrons. The number of hydrogen-bond acceptors (Lipinski definition) is 4. The molecule has 2 aromatic carbocycles. The summed E-state index contributed by atoms with van der Waals surface area (Å²) in [5.74, 6) is 1.39. The zero-order valence-electron chi connectivity index (χ0n) is 15.0. The van der Waals surface area contributed by atoms with Crippen LogP contribution in [0.4, 0.5) is 0 Å². The minimum Gasteiger partial charge on any atom is -0.489 e. The maximum Gasteiger partial charge on any atom is 0.224 e. The Labute approximate surface area is 153 Å². The minimum absolute atomic E-state index is 0.0687. The molecule has 0 atom stereocenters. The standard InChI is InChI=1S/C21H22N2O3/c1-15-19(16(2)26-23-15)13-22-21(24)12-18-10-6-7-11-20(18)25-14-17-8-4-3-5-9-17/h3-11H,12-14H2,1-2H3,(H,22,24). The molecule has 3 aromatic rings. The molecule has 1 amide bonds. The molecule has 1 aromatic heterocycles. The van der Waals surface area contributed by atoms with Crippen LogP contribution in [0.25, 0.3) is 0 Å². The second-order valence-electron chi connectivity index (χ2n) is 6.14. The first-order valence-electron chi connectivity index (χ1n) is 8.56. The quantitative estimate of drug-likeness (QED) is 0.705. The van der Waals surface area contributed by atoms with Crippen LogP contribution in [-0.4, -0.2) is 11.1 Å². The molecule has 26 heavy (non-hydrogen) atoms. The van der Waals surface area contributed by atoms with Crippen LogP contribution in [0.15, 0.2) is 59.1 Å². The van der Waals surface area contributed by atoms with E-state index in [1.165, 1.54) is 0 Å². The molecule has 0 radical (unpaired) electrons. The first-order valence-corrected chi connectivity index (χ1v) is 8.56. The molecule has 0 saturated carbocycles. The van der Waals surface area contributed by atoms with Crippen molar-refractivity contribution in [2.45, 2.75) is 33.4 Å². The first kappa shape index (κ1) is 17.7. The van der Waals surface area contributed by atoms with Gasteiger partial charge in [0.1, 0.15) is 18.1 Å². The summed E-state index contributed by atoms with van der Waals surface area (Å²) in [7, 11) is 0. The maximum atomic E-state index is 12.3. The molecule has 0 aliphatic rings. The number of benzene rings is 2. The molecule has 3 rings (SSSR count). The fourth-order valence-electron chi connectivity index (χ4n) is 2.70. The lowest BCUT2D eigenvalue weighted by Gasteiger charge is -2.12. The SMILES string of the molecule is Cc1noc(C)c1CNC(=O)Cc1ccccc1OCc1ccccc1. The number of para-hydroxylation sites is 1. The summed E-state index contributed by atoms with van der Waals surface area (Å²) in [5.41, 5.74) is 3.67. The van der Waals surface area contributed by atoms with Crippen LogP contribution in [-0.2, 0) is 24.4 Å². The van der Waals surface area contributed by atoms with Gasteiger partial charge < -0.3 is 14.6 Å². The van der Waals surface area contributed by atoms with Crippen LogP contribution < -0.4 is 10.1 Å². The number of aryl methyl sites for hydroxylation is 2. The van der Waals surface area contributed by atoms with Gasteiger partial charge in [0, 0.05) is 17.7 Å².